The molecule has 0 spiro atoms. The molecule has 0 saturated carbocycles. The molecule has 0 radical (unpaired) electrons. The standard InChI is InChI=1S/C18H19ClN2O2/c1-12(22)20-16-6-4-5-13(11-16)17(23)21-18(2,3)14-7-9-15(19)10-8-14/h4-11H,1-3H3,(H,20,22)(H,21,23). The molecular formula is C18H19ClN2O2. The van der Waals surface area contributed by atoms with Crippen LogP contribution in [0.25, 0.3) is 0 Å². The van der Waals surface area contributed by atoms with Crippen LogP contribution in [0.3, 0.4) is 0 Å². The number of hydrogen-bond acceptors (Lipinski definition) is 2. The van der Waals surface area contributed by atoms with Crippen LogP contribution >= 0.6 is 11.6 Å². The SMILES string of the molecule is CC(=O)Nc1cccc(C(=O)NC(C)(C)c2ccc(Cl)cc2)c1. The van der Waals surface area contributed by atoms with Gasteiger partial charge >= 0.3 is 0 Å². The fraction of sp³-hybridized carbons (Fsp3) is 0.222. The van der Waals surface area contributed by atoms with Gasteiger partial charge in [-0.05, 0) is 49.7 Å². The normalized spacial score (nSPS) is 11.0. The number of rotatable bonds is 4. The van der Waals surface area contributed by atoms with Crippen LogP contribution in [-0.2, 0) is 10.3 Å². The monoisotopic (exact) mass is 330 g/mol. The molecule has 0 unspecified atom stereocenters. The first-order valence-corrected chi connectivity index (χ1v) is 7.62. The van der Waals surface area contributed by atoms with Crippen molar-refractivity contribution in [2.75, 3.05) is 5.32 Å². The molecule has 23 heavy (non-hydrogen) atoms. The smallest absolute Gasteiger partial charge is 0.252 e. The Kier molecular flexibility index (Phi) is 5.06. The third-order valence-electron chi connectivity index (χ3n) is 3.44. The number of hydrogen-bond donors (Lipinski definition) is 2. The fourth-order valence-electron chi connectivity index (χ4n) is 2.24. The van der Waals surface area contributed by atoms with Crippen molar-refractivity contribution >= 4 is 29.1 Å². The number of nitrogens with one attached hydrogen (secondary N) is 2. The minimum absolute atomic E-state index is 0.177. The van der Waals surface area contributed by atoms with Crippen molar-refractivity contribution in [3.05, 3.63) is 64.7 Å². The van der Waals surface area contributed by atoms with Gasteiger partial charge in [-0.1, -0.05) is 29.8 Å². The third kappa shape index (κ3) is 4.57. The molecule has 0 aliphatic heterocycles. The molecule has 0 saturated heterocycles. The van der Waals surface area contributed by atoms with Crippen LogP contribution in [0.15, 0.2) is 48.5 Å². The van der Waals surface area contributed by atoms with Gasteiger partial charge in [0.15, 0.2) is 0 Å². The van der Waals surface area contributed by atoms with E-state index in [2.05, 4.69) is 10.6 Å². The summed E-state index contributed by atoms with van der Waals surface area (Å²) in [5.41, 5.74) is 1.48. The van der Waals surface area contributed by atoms with E-state index in [1.54, 1.807) is 36.4 Å². The Hall–Kier alpha value is -2.33. The van der Waals surface area contributed by atoms with E-state index >= 15 is 0 Å². The summed E-state index contributed by atoms with van der Waals surface area (Å²) in [6.07, 6.45) is 0. The van der Waals surface area contributed by atoms with Gasteiger partial charge in [-0.25, -0.2) is 0 Å². The first-order valence-electron chi connectivity index (χ1n) is 7.24. The summed E-state index contributed by atoms with van der Waals surface area (Å²) in [4.78, 5) is 23.6. The highest BCUT2D eigenvalue weighted by molar-refractivity contribution is 6.30. The van der Waals surface area contributed by atoms with E-state index in [4.69, 9.17) is 11.6 Å². The van der Waals surface area contributed by atoms with Crippen molar-refractivity contribution in [2.24, 2.45) is 0 Å². The van der Waals surface area contributed by atoms with Gasteiger partial charge in [-0.2, -0.15) is 0 Å². The van der Waals surface area contributed by atoms with Gasteiger partial charge in [-0.15, -0.1) is 0 Å². The van der Waals surface area contributed by atoms with Crippen molar-refractivity contribution in [3.8, 4) is 0 Å². The van der Waals surface area contributed by atoms with Crippen molar-refractivity contribution in [1.82, 2.24) is 5.32 Å². The second-order valence-corrected chi connectivity index (χ2v) is 6.28. The summed E-state index contributed by atoms with van der Waals surface area (Å²) >= 11 is 5.90. The van der Waals surface area contributed by atoms with Crippen LogP contribution in [0.1, 0.15) is 36.7 Å². The molecule has 0 fully saturated rings. The third-order valence-corrected chi connectivity index (χ3v) is 3.69. The molecular weight excluding hydrogens is 312 g/mol. The molecule has 0 aromatic heterocycles. The minimum atomic E-state index is -0.550. The molecule has 0 aliphatic carbocycles. The first-order chi connectivity index (χ1) is 10.8. The fourth-order valence-corrected chi connectivity index (χ4v) is 2.36. The molecule has 5 heteroatoms. The summed E-state index contributed by atoms with van der Waals surface area (Å²) in [6.45, 7) is 5.27. The van der Waals surface area contributed by atoms with Crippen molar-refractivity contribution in [3.63, 3.8) is 0 Å². The predicted molar refractivity (Wildman–Crippen MR) is 92.7 cm³/mol. The molecule has 120 valence electrons. The molecule has 0 aliphatic rings. The predicted octanol–water partition coefficient (Wildman–Crippen LogP) is 3.96. The molecule has 4 nitrogen and oxygen atoms in total. The first kappa shape index (κ1) is 17.0. The molecule has 0 atom stereocenters. The topological polar surface area (TPSA) is 58.2 Å². The van der Waals surface area contributed by atoms with E-state index in [0.29, 0.717) is 16.3 Å². The maximum Gasteiger partial charge on any atom is 0.252 e. The van der Waals surface area contributed by atoms with Gasteiger partial charge in [0, 0.05) is 23.2 Å². The van der Waals surface area contributed by atoms with Crippen LogP contribution in [0.5, 0.6) is 0 Å². The number of carbonyl (C=O) groups is 2. The Balaban J connectivity index is 2.17. The summed E-state index contributed by atoms with van der Waals surface area (Å²) in [6, 6.07) is 14.2. The zero-order valence-corrected chi connectivity index (χ0v) is 14.1. The van der Waals surface area contributed by atoms with Crippen molar-refractivity contribution < 1.29 is 9.59 Å². The maximum absolute atomic E-state index is 12.5. The van der Waals surface area contributed by atoms with Gasteiger partial charge in [0.25, 0.3) is 5.91 Å². The molecule has 0 bridgehead atoms. The minimum Gasteiger partial charge on any atom is -0.343 e. The van der Waals surface area contributed by atoms with E-state index in [1.807, 2.05) is 26.0 Å². The van der Waals surface area contributed by atoms with Crippen molar-refractivity contribution in [1.29, 1.82) is 0 Å². The Morgan fingerprint density at radius 2 is 1.70 bits per heavy atom. The van der Waals surface area contributed by atoms with Gasteiger partial charge in [-0.3, -0.25) is 9.59 Å². The number of amides is 2. The van der Waals surface area contributed by atoms with Crippen molar-refractivity contribution in [2.45, 2.75) is 26.3 Å². The molecule has 2 N–H and O–H groups in total. The number of halogens is 1. The van der Waals surface area contributed by atoms with Crippen LogP contribution < -0.4 is 10.6 Å². The highest BCUT2D eigenvalue weighted by Crippen LogP contribution is 2.23. The Labute approximate surface area is 140 Å². The molecule has 2 aromatic carbocycles. The Morgan fingerprint density at radius 3 is 2.30 bits per heavy atom. The lowest BCUT2D eigenvalue weighted by molar-refractivity contribution is -0.114. The van der Waals surface area contributed by atoms with Crippen LogP contribution in [0.2, 0.25) is 5.02 Å². The average molecular weight is 331 g/mol. The zero-order valence-electron chi connectivity index (χ0n) is 13.3. The summed E-state index contributed by atoms with van der Waals surface area (Å²) < 4.78 is 0. The maximum atomic E-state index is 12.5. The summed E-state index contributed by atoms with van der Waals surface area (Å²) in [5.74, 6) is -0.388. The lowest BCUT2D eigenvalue weighted by Gasteiger charge is -2.27. The Bertz CT molecular complexity index is 724. The van der Waals surface area contributed by atoms with Crippen LogP contribution in [-0.4, -0.2) is 11.8 Å². The van der Waals surface area contributed by atoms with Gasteiger partial charge in [0.05, 0.1) is 5.54 Å². The van der Waals surface area contributed by atoms with E-state index in [1.165, 1.54) is 6.92 Å². The molecule has 0 heterocycles. The lowest BCUT2D eigenvalue weighted by atomic mass is 9.94. The average Bonchev–Trinajstić information content (AvgIpc) is 2.47. The second-order valence-electron chi connectivity index (χ2n) is 5.85. The van der Waals surface area contributed by atoms with Gasteiger partial charge in [0.2, 0.25) is 5.91 Å². The molecule has 2 amide bonds. The van der Waals surface area contributed by atoms with Crippen LogP contribution in [0.4, 0.5) is 5.69 Å². The second kappa shape index (κ2) is 6.84. The Morgan fingerprint density at radius 1 is 1.04 bits per heavy atom. The largest absolute Gasteiger partial charge is 0.343 e. The molecule has 2 aromatic rings. The van der Waals surface area contributed by atoms with E-state index in [9.17, 15) is 9.59 Å². The van der Waals surface area contributed by atoms with E-state index in [0.717, 1.165) is 5.56 Å². The lowest BCUT2D eigenvalue weighted by Crippen LogP contribution is -2.41. The van der Waals surface area contributed by atoms with Gasteiger partial charge < -0.3 is 10.6 Å². The number of carbonyl (C=O) groups excluding carboxylic acids is 2. The van der Waals surface area contributed by atoms with Gasteiger partial charge in [0.1, 0.15) is 0 Å². The van der Waals surface area contributed by atoms with E-state index < -0.39 is 5.54 Å². The highest BCUT2D eigenvalue weighted by atomic mass is 35.5. The zero-order chi connectivity index (χ0) is 17.0. The summed E-state index contributed by atoms with van der Waals surface area (Å²) in [7, 11) is 0. The number of anilines is 1. The quantitative estimate of drug-likeness (QED) is 0.891. The van der Waals surface area contributed by atoms with Crippen LogP contribution in [0, 0.1) is 0 Å². The molecule has 2 rings (SSSR count). The van der Waals surface area contributed by atoms with E-state index in [-0.39, 0.29) is 11.8 Å². The number of benzene rings is 2. The summed E-state index contributed by atoms with van der Waals surface area (Å²) in [5, 5.41) is 6.31. The highest BCUT2D eigenvalue weighted by Gasteiger charge is 2.23.